The molecule has 1 heterocycles. The van der Waals surface area contributed by atoms with Gasteiger partial charge < -0.3 is 0 Å². The summed E-state index contributed by atoms with van der Waals surface area (Å²) in [6, 6.07) is 46.3. The molecule has 3 fully saturated rings. The summed E-state index contributed by atoms with van der Waals surface area (Å²) in [5.41, 5.74) is 8.97. The highest BCUT2D eigenvalue weighted by Gasteiger charge is 2.59. The summed E-state index contributed by atoms with van der Waals surface area (Å²) in [6.07, 6.45) is 5.30. The monoisotopic (exact) mass is 620 g/mol. The Labute approximate surface area is 282 Å². The summed E-state index contributed by atoms with van der Waals surface area (Å²) in [6.45, 7) is 2.44. The van der Waals surface area contributed by atoms with Gasteiger partial charge in [-0.1, -0.05) is 110 Å². The molecule has 5 atom stereocenters. The van der Waals surface area contributed by atoms with Crippen LogP contribution in [0.15, 0.2) is 127 Å². The second-order valence-corrected chi connectivity index (χ2v) is 14.4. The molecular weight excluding hydrogens is 585 g/mol. The first kappa shape index (κ1) is 28.8. The highest BCUT2D eigenvalue weighted by Crippen LogP contribution is 2.67. The smallest absolute Gasteiger partial charge is 0.164 e. The van der Waals surface area contributed by atoms with Crippen LogP contribution in [-0.4, -0.2) is 15.0 Å². The molecule has 0 amide bonds. The summed E-state index contributed by atoms with van der Waals surface area (Å²) in [5, 5.41) is 10.6. The van der Waals surface area contributed by atoms with Crippen LogP contribution in [0.1, 0.15) is 43.7 Å². The molecule has 48 heavy (non-hydrogen) atoms. The summed E-state index contributed by atoms with van der Waals surface area (Å²) in [4.78, 5) is 15.0. The van der Waals surface area contributed by atoms with Gasteiger partial charge in [-0.2, -0.15) is 5.26 Å². The van der Waals surface area contributed by atoms with Crippen molar-refractivity contribution in [1.29, 1.82) is 5.26 Å². The molecule has 1 aromatic heterocycles. The van der Waals surface area contributed by atoms with Crippen LogP contribution in [0, 0.1) is 35.0 Å². The zero-order valence-corrected chi connectivity index (χ0v) is 27.1. The van der Waals surface area contributed by atoms with Gasteiger partial charge in [-0.15, -0.1) is 0 Å². The summed E-state index contributed by atoms with van der Waals surface area (Å²) in [5.74, 6) is 5.56. The first-order valence-corrected chi connectivity index (χ1v) is 17.2. The molecule has 232 valence electrons. The van der Waals surface area contributed by atoms with Gasteiger partial charge in [0.15, 0.2) is 17.5 Å². The molecule has 4 heteroatoms. The number of aromatic nitrogens is 3. The molecule has 0 aliphatic heterocycles. The van der Waals surface area contributed by atoms with Crippen molar-refractivity contribution < 1.29 is 0 Å². The molecule has 0 saturated heterocycles. The van der Waals surface area contributed by atoms with Crippen molar-refractivity contribution >= 4 is 0 Å². The minimum Gasteiger partial charge on any atom is -0.208 e. The molecular formula is C44H36N4. The average molecular weight is 621 g/mol. The predicted octanol–water partition coefficient (Wildman–Crippen LogP) is 10.4. The second kappa shape index (κ2) is 11.4. The average Bonchev–Trinajstić information content (AvgIpc) is 3.13. The number of rotatable bonds is 6. The Morgan fingerprint density at radius 3 is 1.58 bits per heavy atom. The minimum absolute atomic E-state index is 0.130. The van der Waals surface area contributed by atoms with Crippen molar-refractivity contribution in [3.05, 3.63) is 139 Å². The van der Waals surface area contributed by atoms with Gasteiger partial charge in [0.25, 0.3) is 0 Å². The number of hydrogen-bond acceptors (Lipinski definition) is 4. The molecule has 0 spiro atoms. The van der Waals surface area contributed by atoms with Crippen molar-refractivity contribution in [3.8, 4) is 62.5 Å². The van der Waals surface area contributed by atoms with Gasteiger partial charge in [-0.3, -0.25) is 0 Å². The largest absolute Gasteiger partial charge is 0.208 e. The van der Waals surface area contributed by atoms with Crippen LogP contribution in [0.4, 0.5) is 0 Å². The lowest BCUT2D eigenvalue weighted by Crippen LogP contribution is -2.58. The summed E-state index contributed by atoms with van der Waals surface area (Å²) in [7, 11) is 0. The fourth-order valence-corrected chi connectivity index (χ4v) is 9.09. The SMILES string of the molecule is CC1(c2ccc(-c3cc(-c4ccccc4)cc(-c4nc(-c5ccccc5)nc(-c5ccccc5)n4)c3)c(C#N)c2)C[C@H]2CC3C[C@@H](C1)C32. The van der Waals surface area contributed by atoms with Crippen LogP contribution in [0.3, 0.4) is 0 Å². The maximum Gasteiger partial charge on any atom is 0.164 e. The predicted molar refractivity (Wildman–Crippen MR) is 192 cm³/mol. The molecule has 3 unspecified atom stereocenters. The number of benzene rings is 5. The first-order valence-electron chi connectivity index (χ1n) is 17.2. The van der Waals surface area contributed by atoms with Crippen LogP contribution < -0.4 is 0 Å². The molecule has 5 aromatic carbocycles. The number of hydrogen-bond donors (Lipinski definition) is 0. The van der Waals surface area contributed by atoms with Gasteiger partial charge in [0.05, 0.1) is 11.6 Å². The van der Waals surface area contributed by atoms with Crippen LogP contribution in [-0.2, 0) is 5.41 Å². The van der Waals surface area contributed by atoms with Gasteiger partial charge >= 0.3 is 0 Å². The Balaban J connectivity index is 1.18. The van der Waals surface area contributed by atoms with E-state index in [1.807, 2.05) is 66.7 Å². The standard InChI is InChI=1S/C44H36N4/c1-44(25-35-22-33-23-36(26-44)40(33)35)38-17-18-39(37(24-38)27-45)32-19-31(28-11-5-2-6-12-28)20-34(21-32)43-47-41(29-13-7-3-8-14-29)46-42(48-43)30-15-9-4-10-16-30/h2-21,24,33,35-36,40H,22-23,25-26H2,1H3/t33?,35-,36+,40?,44?. The number of nitrogens with zero attached hydrogens (tertiary/aromatic N) is 4. The Morgan fingerprint density at radius 2 is 1.04 bits per heavy atom. The van der Waals surface area contributed by atoms with Gasteiger partial charge in [0.1, 0.15) is 0 Å². The quantitative estimate of drug-likeness (QED) is 0.186. The third-order valence-corrected chi connectivity index (χ3v) is 11.4. The van der Waals surface area contributed by atoms with E-state index in [-0.39, 0.29) is 5.41 Å². The van der Waals surface area contributed by atoms with E-state index in [0.717, 1.165) is 68.2 Å². The van der Waals surface area contributed by atoms with Crippen molar-refractivity contribution in [1.82, 2.24) is 15.0 Å². The van der Waals surface area contributed by atoms with E-state index in [1.165, 1.54) is 31.2 Å². The zero-order valence-electron chi connectivity index (χ0n) is 27.1. The lowest BCUT2D eigenvalue weighted by Gasteiger charge is -2.65. The molecule has 3 saturated carbocycles. The maximum absolute atomic E-state index is 10.6. The van der Waals surface area contributed by atoms with Crippen LogP contribution in [0.25, 0.3) is 56.4 Å². The normalized spacial score (nSPS) is 23.7. The Hall–Kier alpha value is -5.40. The van der Waals surface area contributed by atoms with Crippen LogP contribution >= 0.6 is 0 Å². The van der Waals surface area contributed by atoms with E-state index in [4.69, 9.17) is 15.0 Å². The summed E-state index contributed by atoms with van der Waals surface area (Å²) >= 11 is 0. The second-order valence-electron chi connectivity index (χ2n) is 14.4. The molecule has 3 aliphatic carbocycles. The lowest BCUT2D eigenvalue weighted by molar-refractivity contribution is -0.141. The molecule has 0 N–H and O–H groups in total. The van der Waals surface area contributed by atoms with Crippen LogP contribution in [0.5, 0.6) is 0 Å². The van der Waals surface area contributed by atoms with Crippen molar-refractivity contribution in [2.75, 3.05) is 0 Å². The highest BCUT2D eigenvalue weighted by atomic mass is 15.0. The fraction of sp³-hybridized carbons (Fsp3) is 0.227. The third kappa shape index (κ3) is 4.93. The van der Waals surface area contributed by atoms with Gasteiger partial charge in [-0.25, -0.2) is 15.0 Å². The Morgan fingerprint density at radius 1 is 0.542 bits per heavy atom. The lowest BCUT2D eigenvalue weighted by atomic mass is 9.39. The molecule has 0 radical (unpaired) electrons. The van der Waals surface area contributed by atoms with Crippen molar-refractivity contribution in [2.24, 2.45) is 23.7 Å². The van der Waals surface area contributed by atoms with Gasteiger partial charge in [0, 0.05) is 16.7 Å². The van der Waals surface area contributed by atoms with Gasteiger partial charge in [0.2, 0.25) is 0 Å². The number of nitriles is 1. The Kier molecular flexibility index (Phi) is 6.83. The maximum atomic E-state index is 10.6. The van der Waals surface area contributed by atoms with Crippen molar-refractivity contribution in [3.63, 3.8) is 0 Å². The van der Waals surface area contributed by atoms with E-state index in [1.54, 1.807) is 0 Å². The van der Waals surface area contributed by atoms with E-state index in [2.05, 4.69) is 73.7 Å². The molecule has 6 aromatic rings. The van der Waals surface area contributed by atoms with E-state index in [9.17, 15) is 5.26 Å². The molecule has 4 nitrogen and oxygen atoms in total. The minimum atomic E-state index is 0.130. The molecule has 0 bridgehead atoms. The van der Waals surface area contributed by atoms with E-state index < -0.39 is 0 Å². The van der Waals surface area contributed by atoms with Gasteiger partial charge in [-0.05, 0) is 107 Å². The van der Waals surface area contributed by atoms with E-state index in [0.29, 0.717) is 17.5 Å². The summed E-state index contributed by atoms with van der Waals surface area (Å²) < 4.78 is 0. The van der Waals surface area contributed by atoms with Crippen molar-refractivity contribution in [2.45, 2.75) is 38.0 Å². The third-order valence-electron chi connectivity index (χ3n) is 11.4. The fourth-order valence-electron chi connectivity index (χ4n) is 9.09. The molecule has 3 aliphatic rings. The van der Waals surface area contributed by atoms with Crippen LogP contribution in [0.2, 0.25) is 0 Å². The topological polar surface area (TPSA) is 62.5 Å². The zero-order chi connectivity index (χ0) is 32.2. The Bertz CT molecular complexity index is 2110. The van der Waals surface area contributed by atoms with E-state index >= 15 is 0 Å². The molecule has 9 rings (SSSR count). The first-order chi connectivity index (χ1) is 23.5. The highest BCUT2D eigenvalue weighted by molar-refractivity contribution is 5.82.